The molecule has 0 saturated carbocycles. The third-order valence-corrected chi connectivity index (χ3v) is 5.13. The molecule has 1 aromatic carbocycles. The van der Waals surface area contributed by atoms with Crippen LogP contribution in [-0.4, -0.2) is 26.1 Å². The van der Waals surface area contributed by atoms with Crippen molar-refractivity contribution in [2.45, 2.75) is 26.4 Å². The van der Waals surface area contributed by atoms with Gasteiger partial charge >= 0.3 is 0 Å². The Balaban J connectivity index is 1.67. The van der Waals surface area contributed by atoms with Crippen molar-refractivity contribution in [3.63, 3.8) is 0 Å². The number of rotatable bonds is 2. The highest BCUT2D eigenvalue weighted by atomic mass is 32.1. The van der Waals surface area contributed by atoms with E-state index in [0.29, 0.717) is 0 Å². The molecule has 26 heavy (non-hydrogen) atoms. The molecule has 0 spiro atoms. The third-order valence-electron chi connectivity index (χ3n) is 4.79. The van der Waals surface area contributed by atoms with E-state index in [-0.39, 0.29) is 6.04 Å². The number of hydrogen-bond acceptors (Lipinski definition) is 2. The molecule has 0 aliphatic carbocycles. The van der Waals surface area contributed by atoms with Gasteiger partial charge in [0.05, 0.1) is 6.04 Å². The van der Waals surface area contributed by atoms with Crippen LogP contribution in [0.2, 0.25) is 0 Å². The van der Waals surface area contributed by atoms with E-state index in [1.165, 1.54) is 22.4 Å². The van der Waals surface area contributed by atoms with Crippen molar-refractivity contribution in [3.8, 4) is 0 Å². The summed E-state index contributed by atoms with van der Waals surface area (Å²) in [6, 6.07) is 14.9. The highest BCUT2D eigenvalue weighted by Crippen LogP contribution is 2.32. The molecule has 132 valence electrons. The first kappa shape index (κ1) is 16.8. The first-order valence-corrected chi connectivity index (χ1v) is 9.23. The van der Waals surface area contributed by atoms with Gasteiger partial charge in [0.1, 0.15) is 0 Å². The number of fused-ring (bicyclic) bond motifs is 1. The van der Waals surface area contributed by atoms with Gasteiger partial charge in [0.15, 0.2) is 5.11 Å². The summed E-state index contributed by atoms with van der Waals surface area (Å²) in [7, 11) is 0. The molecular weight excluding hydrogens is 340 g/mol. The zero-order chi connectivity index (χ0) is 18.1. The van der Waals surface area contributed by atoms with E-state index < -0.39 is 0 Å². The van der Waals surface area contributed by atoms with Crippen molar-refractivity contribution < 1.29 is 0 Å². The van der Waals surface area contributed by atoms with Crippen LogP contribution in [0.4, 0.5) is 5.69 Å². The van der Waals surface area contributed by atoms with Gasteiger partial charge in [-0.1, -0.05) is 6.07 Å². The van der Waals surface area contributed by atoms with Gasteiger partial charge in [0.25, 0.3) is 0 Å². The highest BCUT2D eigenvalue weighted by molar-refractivity contribution is 7.80. The molecule has 1 atom stereocenters. The Morgan fingerprint density at radius 3 is 2.54 bits per heavy atom. The topological polar surface area (TPSA) is 33.1 Å². The van der Waals surface area contributed by atoms with Crippen LogP contribution >= 0.6 is 12.2 Å². The monoisotopic (exact) mass is 362 g/mol. The van der Waals surface area contributed by atoms with E-state index >= 15 is 0 Å². The van der Waals surface area contributed by atoms with E-state index in [2.05, 4.69) is 82.3 Å². The number of nitrogens with one attached hydrogen (secondary N) is 1. The molecule has 1 aliphatic heterocycles. The van der Waals surface area contributed by atoms with Crippen molar-refractivity contribution in [1.29, 1.82) is 0 Å². The van der Waals surface area contributed by atoms with E-state index in [0.717, 1.165) is 23.9 Å². The van der Waals surface area contributed by atoms with Crippen LogP contribution in [-0.2, 0) is 6.54 Å². The maximum atomic E-state index is 5.81. The molecule has 1 unspecified atom stereocenters. The molecular formula is C21H22N4S. The van der Waals surface area contributed by atoms with Gasteiger partial charge in [0.2, 0.25) is 0 Å². The van der Waals surface area contributed by atoms with Crippen LogP contribution in [0.1, 0.15) is 28.4 Å². The average molecular weight is 363 g/mol. The number of aryl methyl sites for hydroxylation is 2. The minimum Gasteiger partial charge on any atom is -0.348 e. The molecule has 0 saturated heterocycles. The van der Waals surface area contributed by atoms with Crippen LogP contribution in [0.3, 0.4) is 0 Å². The summed E-state index contributed by atoms with van der Waals surface area (Å²) in [4.78, 5) is 6.44. The maximum Gasteiger partial charge on any atom is 0.174 e. The fourth-order valence-corrected chi connectivity index (χ4v) is 4.06. The van der Waals surface area contributed by atoms with E-state index in [1.807, 2.05) is 12.4 Å². The number of anilines is 1. The molecule has 2 aromatic heterocycles. The quantitative estimate of drug-likeness (QED) is 0.689. The molecule has 0 radical (unpaired) electrons. The summed E-state index contributed by atoms with van der Waals surface area (Å²) < 4.78 is 2.31. The lowest BCUT2D eigenvalue weighted by atomic mass is 10.0. The lowest BCUT2D eigenvalue weighted by Crippen LogP contribution is -2.44. The molecule has 4 nitrogen and oxygen atoms in total. The molecule has 1 N–H and O–H groups in total. The predicted molar refractivity (Wildman–Crippen MR) is 109 cm³/mol. The SMILES string of the molecule is Cc1cc(C)cc(NC(=S)N2CCn3cccc3C2c2ccncc2)c1. The zero-order valence-corrected chi connectivity index (χ0v) is 15.8. The Morgan fingerprint density at radius 1 is 1.08 bits per heavy atom. The Kier molecular flexibility index (Phi) is 4.47. The number of nitrogens with zero attached hydrogens (tertiary/aromatic N) is 3. The minimum atomic E-state index is 0.0904. The van der Waals surface area contributed by atoms with Crippen LogP contribution in [0.15, 0.2) is 61.1 Å². The third kappa shape index (κ3) is 3.22. The number of benzene rings is 1. The second kappa shape index (κ2) is 6.92. The molecule has 4 rings (SSSR count). The number of thiocarbonyl (C=S) groups is 1. The van der Waals surface area contributed by atoms with Crippen LogP contribution in [0, 0.1) is 13.8 Å². The van der Waals surface area contributed by atoms with E-state index in [1.54, 1.807) is 0 Å². The van der Waals surface area contributed by atoms with Crippen LogP contribution in [0.5, 0.6) is 0 Å². The molecule has 0 amide bonds. The van der Waals surface area contributed by atoms with Gasteiger partial charge in [-0.2, -0.15) is 0 Å². The normalized spacial score (nSPS) is 16.2. The number of hydrogen-bond donors (Lipinski definition) is 1. The van der Waals surface area contributed by atoms with Gasteiger partial charge in [-0.25, -0.2) is 0 Å². The van der Waals surface area contributed by atoms with Crippen molar-refractivity contribution in [3.05, 3.63) is 83.4 Å². The molecule has 0 fully saturated rings. The Morgan fingerprint density at radius 2 is 1.81 bits per heavy atom. The summed E-state index contributed by atoms with van der Waals surface area (Å²) >= 11 is 5.81. The van der Waals surface area contributed by atoms with Crippen LogP contribution in [0.25, 0.3) is 0 Å². The van der Waals surface area contributed by atoms with Crippen molar-refractivity contribution >= 4 is 23.0 Å². The molecule has 0 bridgehead atoms. The summed E-state index contributed by atoms with van der Waals surface area (Å²) in [5.41, 5.74) is 5.96. The smallest absolute Gasteiger partial charge is 0.174 e. The van der Waals surface area contributed by atoms with Gasteiger partial charge in [0, 0.05) is 43.1 Å². The average Bonchev–Trinajstić information content (AvgIpc) is 3.09. The highest BCUT2D eigenvalue weighted by Gasteiger charge is 2.30. The first-order chi connectivity index (χ1) is 12.6. The molecule has 3 aromatic rings. The molecule has 5 heteroatoms. The predicted octanol–water partition coefficient (Wildman–Crippen LogP) is 4.30. The Labute approximate surface area is 159 Å². The summed E-state index contributed by atoms with van der Waals surface area (Å²) in [5, 5.41) is 4.20. The lowest BCUT2D eigenvalue weighted by molar-refractivity contribution is 0.293. The summed E-state index contributed by atoms with van der Waals surface area (Å²) in [6.07, 6.45) is 5.83. The molecule has 1 aliphatic rings. The summed E-state index contributed by atoms with van der Waals surface area (Å²) in [5.74, 6) is 0. The number of aromatic nitrogens is 2. The van der Waals surface area contributed by atoms with Gasteiger partial charge < -0.3 is 14.8 Å². The summed E-state index contributed by atoms with van der Waals surface area (Å²) in [6.45, 7) is 6.01. The maximum absolute atomic E-state index is 5.81. The number of pyridine rings is 1. The van der Waals surface area contributed by atoms with E-state index in [4.69, 9.17) is 12.2 Å². The molecule has 3 heterocycles. The van der Waals surface area contributed by atoms with Crippen molar-refractivity contribution in [1.82, 2.24) is 14.5 Å². The minimum absolute atomic E-state index is 0.0904. The van der Waals surface area contributed by atoms with Gasteiger partial charge in [-0.3, -0.25) is 4.98 Å². The fourth-order valence-electron chi connectivity index (χ4n) is 3.74. The largest absolute Gasteiger partial charge is 0.348 e. The standard InChI is InChI=1S/C21H22N4S/c1-15-12-16(2)14-18(13-15)23-21(26)25-11-10-24-9-3-4-19(24)20(25)17-5-7-22-8-6-17/h3-9,12-14,20H,10-11H2,1-2H3,(H,23,26). The van der Waals surface area contributed by atoms with Gasteiger partial charge in [-0.05, 0) is 79.2 Å². The zero-order valence-electron chi connectivity index (χ0n) is 15.0. The second-order valence-electron chi connectivity index (χ2n) is 6.81. The second-order valence-corrected chi connectivity index (χ2v) is 7.20. The van der Waals surface area contributed by atoms with Crippen LogP contribution < -0.4 is 5.32 Å². The fraction of sp³-hybridized carbons (Fsp3) is 0.238. The van der Waals surface area contributed by atoms with Crippen molar-refractivity contribution in [2.75, 3.05) is 11.9 Å². The van der Waals surface area contributed by atoms with Gasteiger partial charge in [-0.15, -0.1) is 0 Å². The Hall–Kier alpha value is -2.66. The van der Waals surface area contributed by atoms with E-state index in [9.17, 15) is 0 Å². The first-order valence-electron chi connectivity index (χ1n) is 8.83. The lowest BCUT2D eigenvalue weighted by Gasteiger charge is -2.39. The van der Waals surface area contributed by atoms with Crippen molar-refractivity contribution in [2.24, 2.45) is 0 Å². The Bertz CT molecular complexity index is 912.